The van der Waals surface area contributed by atoms with Crippen molar-refractivity contribution in [1.82, 2.24) is 0 Å². The number of rotatable bonds is 5. The molecule has 2 aromatic carbocycles. The molecule has 0 saturated carbocycles. The number of aryl methyl sites for hydroxylation is 1. The molecule has 0 saturated heterocycles. The summed E-state index contributed by atoms with van der Waals surface area (Å²) in [7, 11) is 0. The standard InChI is InChI=1S/C18H22N2O/c1-13(2)18(21)20-17-10-8-16(9-11-17)19-12-15-7-5-4-6-14(15)3/h4-11,13,19H,12H2,1-3H3,(H,20,21). The minimum absolute atomic E-state index is 0.0103. The highest BCUT2D eigenvalue weighted by molar-refractivity contribution is 5.92. The topological polar surface area (TPSA) is 41.1 Å². The molecule has 0 aromatic heterocycles. The largest absolute Gasteiger partial charge is 0.381 e. The summed E-state index contributed by atoms with van der Waals surface area (Å²) in [5.41, 5.74) is 4.44. The van der Waals surface area contributed by atoms with Crippen LogP contribution in [0, 0.1) is 12.8 Å². The third-order valence-electron chi connectivity index (χ3n) is 3.42. The number of hydrogen-bond acceptors (Lipinski definition) is 2. The van der Waals surface area contributed by atoms with E-state index in [0.29, 0.717) is 0 Å². The predicted octanol–water partition coefficient (Wildman–Crippen LogP) is 4.20. The maximum Gasteiger partial charge on any atom is 0.226 e. The van der Waals surface area contributed by atoms with E-state index in [4.69, 9.17) is 0 Å². The molecule has 0 bridgehead atoms. The van der Waals surface area contributed by atoms with Gasteiger partial charge in [-0.15, -0.1) is 0 Å². The summed E-state index contributed by atoms with van der Waals surface area (Å²) < 4.78 is 0. The van der Waals surface area contributed by atoms with Crippen LogP contribution >= 0.6 is 0 Å². The molecule has 0 aliphatic rings. The fraction of sp³-hybridized carbons (Fsp3) is 0.278. The van der Waals surface area contributed by atoms with E-state index >= 15 is 0 Å². The molecule has 0 aliphatic heterocycles. The molecule has 0 atom stereocenters. The number of carbonyl (C=O) groups is 1. The van der Waals surface area contributed by atoms with Crippen LogP contribution in [-0.2, 0) is 11.3 Å². The predicted molar refractivity (Wildman–Crippen MR) is 88.4 cm³/mol. The highest BCUT2D eigenvalue weighted by atomic mass is 16.1. The van der Waals surface area contributed by atoms with Crippen LogP contribution in [0.1, 0.15) is 25.0 Å². The second-order valence-electron chi connectivity index (χ2n) is 5.50. The Hall–Kier alpha value is -2.29. The van der Waals surface area contributed by atoms with E-state index in [-0.39, 0.29) is 11.8 Å². The van der Waals surface area contributed by atoms with E-state index in [1.807, 2.05) is 44.2 Å². The zero-order valence-electron chi connectivity index (χ0n) is 12.8. The normalized spacial score (nSPS) is 10.5. The van der Waals surface area contributed by atoms with Gasteiger partial charge in [0.15, 0.2) is 0 Å². The second kappa shape index (κ2) is 6.93. The first-order chi connectivity index (χ1) is 10.1. The summed E-state index contributed by atoms with van der Waals surface area (Å²) in [5.74, 6) is 0.0273. The summed E-state index contributed by atoms with van der Waals surface area (Å²) in [4.78, 5) is 11.6. The zero-order chi connectivity index (χ0) is 15.2. The molecular weight excluding hydrogens is 260 g/mol. The summed E-state index contributed by atoms with van der Waals surface area (Å²) in [5, 5.41) is 6.28. The van der Waals surface area contributed by atoms with Gasteiger partial charge in [-0.3, -0.25) is 4.79 Å². The minimum atomic E-state index is -0.0103. The SMILES string of the molecule is Cc1ccccc1CNc1ccc(NC(=O)C(C)C)cc1. The van der Waals surface area contributed by atoms with E-state index in [9.17, 15) is 4.79 Å². The van der Waals surface area contributed by atoms with Gasteiger partial charge < -0.3 is 10.6 Å². The molecule has 0 heterocycles. The first-order valence-electron chi connectivity index (χ1n) is 7.25. The van der Waals surface area contributed by atoms with Gasteiger partial charge in [-0.1, -0.05) is 38.1 Å². The van der Waals surface area contributed by atoms with E-state index in [2.05, 4.69) is 35.8 Å². The molecule has 0 fully saturated rings. The number of carbonyl (C=O) groups excluding carboxylic acids is 1. The smallest absolute Gasteiger partial charge is 0.226 e. The lowest BCUT2D eigenvalue weighted by Gasteiger charge is -2.11. The third kappa shape index (κ3) is 4.35. The maximum atomic E-state index is 11.6. The van der Waals surface area contributed by atoms with Crippen molar-refractivity contribution >= 4 is 17.3 Å². The average Bonchev–Trinajstić information content (AvgIpc) is 2.48. The average molecular weight is 282 g/mol. The number of anilines is 2. The van der Waals surface area contributed by atoms with Crippen LogP contribution in [-0.4, -0.2) is 5.91 Å². The number of nitrogens with one attached hydrogen (secondary N) is 2. The summed E-state index contributed by atoms with van der Waals surface area (Å²) >= 11 is 0. The van der Waals surface area contributed by atoms with E-state index < -0.39 is 0 Å². The van der Waals surface area contributed by atoms with Crippen LogP contribution < -0.4 is 10.6 Å². The highest BCUT2D eigenvalue weighted by Crippen LogP contribution is 2.16. The van der Waals surface area contributed by atoms with Crippen LogP contribution in [0.4, 0.5) is 11.4 Å². The third-order valence-corrected chi connectivity index (χ3v) is 3.42. The van der Waals surface area contributed by atoms with Gasteiger partial charge in [0, 0.05) is 23.8 Å². The van der Waals surface area contributed by atoms with Crippen molar-refractivity contribution in [2.45, 2.75) is 27.3 Å². The van der Waals surface area contributed by atoms with Crippen molar-refractivity contribution in [1.29, 1.82) is 0 Å². The van der Waals surface area contributed by atoms with Gasteiger partial charge in [0.1, 0.15) is 0 Å². The molecular formula is C18H22N2O. The van der Waals surface area contributed by atoms with Crippen LogP contribution in [0.5, 0.6) is 0 Å². The summed E-state index contributed by atoms with van der Waals surface area (Å²) in [6.07, 6.45) is 0. The number of benzene rings is 2. The molecule has 0 unspecified atom stereocenters. The lowest BCUT2D eigenvalue weighted by molar-refractivity contribution is -0.118. The molecule has 21 heavy (non-hydrogen) atoms. The number of hydrogen-bond donors (Lipinski definition) is 2. The van der Waals surface area contributed by atoms with E-state index in [1.165, 1.54) is 11.1 Å². The Morgan fingerprint density at radius 2 is 1.62 bits per heavy atom. The summed E-state index contributed by atoms with van der Waals surface area (Å²) in [6.45, 7) is 6.67. The van der Waals surface area contributed by atoms with Gasteiger partial charge >= 0.3 is 0 Å². The van der Waals surface area contributed by atoms with Gasteiger partial charge in [-0.25, -0.2) is 0 Å². The van der Waals surface area contributed by atoms with E-state index in [0.717, 1.165) is 17.9 Å². The molecule has 0 spiro atoms. The summed E-state index contributed by atoms with van der Waals surface area (Å²) in [6, 6.07) is 16.1. The van der Waals surface area contributed by atoms with Crippen molar-refractivity contribution in [3.63, 3.8) is 0 Å². The molecule has 2 aromatic rings. The quantitative estimate of drug-likeness (QED) is 0.863. The van der Waals surface area contributed by atoms with Crippen LogP contribution in [0.15, 0.2) is 48.5 Å². The van der Waals surface area contributed by atoms with Gasteiger partial charge in [0.2, 0.25) is 5.91 Å². The second-order valence-corrected chi connectivity index (χ2v) is 5.50. The molecule has 1 amide bonds. The molecule has 0 aliphatic carbocycles. The Balaban J connectivity index is 1.94. The minimum Gasteiger partial charge on any atom is -0.381 e. The van der Waals surface area contributed by atoms with Gasteiger partial charge in [-0.2, -0.15) is 0 Å². The Morgan fingerprint density at radius 1 is 1.00 bits per heavy atom. The fourth-order valence-corrected chi connectivity index (χ4v) is 1.96. The monoisotopic (exact) mass is 282 g/mol. The van der Waals surface area contributed by atoms with Gasteiger partial charge in [-0.05, 0) is 42.3 Å². The molecule has 0 radical (unpaired) electrons. The van der Waals surface area contributed by atoms with Crippen LogP contribution in [0.2, 0.25) is 0 Å². The molecule has 110 valence electrons. The molecule has 2 N–H and O–H groups in total. The van der Waals surface area contributed by atoms with E-state index in [1.54, 1.807) is 0 Å². The van der Waals surface area contributed by atoms with Crippen LogP contribution in [0.3, 0.4) is 0 Å². The lowest BCUT2D eigenvalue weighted by atomic mass is 10.1. The molecule has 3 nitrogen and oxygen atoms in total. The van der Waals surface area contributed by atoms with Gasteiger partial charge in [0.05, 0.1) is 0 Å². The molecule has 2 rings (SSSR count). The van der Waals surface area contributed by atoms with Crippen LogP contribution in [0.25, 0.3) is 0 Å². The van der Waals surface area contributed by atoms with Crippen molar-refractivity contribution in [3.05, 3.63) is 59.7 Å². The lowest BCUT2D eigenvalue weighted by Crippen LogP contribution is -2.17. The van der Waals surface area contributed by atoms with Crippen molar-refractivity contribution < 1.29 is 4.79 Å². The van der Waals surface area contributed by atoms with Crippen molar-refractivity contribution in [2.24, 2.45) is 5.92 Å². The Labute approximate surface area is 126 Å². The Bertz CT molecular complexity index is 603. The van der Waals surface area contributed by atoms with Gasteiger partial charge in [0.25, 0.3) is 0 Å². The van der Waals surface area contributed by atoms with Crippen molar-refractivity contribution in [3.8, 4) is 0 Å². The molecule has 3 heteroatoms. The number of amides is 1. The highest BCUT2D eigenvalue weighted by Gasteiger charge is 2.06. The first kappa shape index (κ1) is 15.1. The van der Waals surface area contributed by atoms with Crippen molar-refractivity contribution in [2.75, 3.05) is 10.6 Å². The maximum absolute atomic E-state index is 11.6. The fourth-order valence-electron chi connectivity index (χ4n) is 1.96. The first-order valence-corrected chi connectivity index (χ1v) is 7.25. The zero-order valence-corrected chi connectivity index (χ0v) is 12.8. The Morgan fingerprint density at radius 3 is 2.24 bits per heavy atom. The Kier molecular flexibility index (Phi) is 4.99.